The van der Waals surface area contributed by atoms with E-state index in [1.54, 1.807) is 0 Å². The van der Waals surface area contributed by atoms with Gasteiger partial charge in [-0.3, -0.25) is 10.1 Å². The number of non-ortho nitro benzene ring substituents is 1. The molecule has 0 saturated carbocycles. The summed E-state index contributed by atoms with van der Waals surface area (Å²) in [5.74, 6) is 0.437. The van der Waals surface area contributed by atoms with Gasteiger partial charge in [0.05, 0.1) is 16.7 Å². The first-order valence-corrected chi connectivity index (χ1v) is 10.00. The van der Waals surface area contributed by atoms with Crippen LogP contribution in [0.5, 0.6) is 0 Å². The number of rotatable bonds is 7. The summed E-state index contributed by atoms with van der Waals surface area (Å²) in [4.78, 5) is 10.3. The maximum Gasteiger partial charge on any atom is 0.271 e. The number of nitrogens with one attached hydrogen (secondary N) is 1. The average Bonchev–Trinajstić information content (AvgIpc) is 2.55. The molecule has 0 aromatic heterocycles. The SMILES string of the molecule is CCC(CC)C1CC(Nc2cc([N+](=O)[O-])ccc2S(N)(=O)=O)CCO1. The Morgan fingerprint density at radius 1 is 1.40 bits per heavy atom. The van der Waals surface area contributed by atoms with Crippen LogP contribution in [0.15, 0.2) is 23.1 Å². The molecular weight excluding hydrogens is 346 g/mol. The summed E-state index contributed by atoms with van der Waals surface area (Å²) in [6.07, 6.45) is 3.53. The van der Waals surface area contributed by atoms with Crippen LogP contribution in [-0.2, 0) is 14.8 Å². The minimum Gasteiger partial charge on any atom is -0.381 e. The Kier molecular flexibility index (Phi) is 6.36. The molecule has 0 radical (unpaired) electrons. The highest BCUT2D eigenvalue weighted by molar-refractivity contribution is 7.89. The lowest BCUT2D eigenvalue weighted by molar-refractivity contribution is -0.384. The van der Waals surface area contributed by atoms with Gasteiger partial charge < -0.3 is 10.1 Å². The Hall–Kier alpha value is -1.71. The molecule has 8 nitrogen and oxygen atoms in total. The van der Waals surface area contributed by atoms with Crippen LogP contribution in [0.1, 0.15) is 39.5 Å². The van der Waals surface area contributed by atoms with Crippen LogP contribution in [0.25, 0.3) is 0 Å². The molecule has 1 fully saturated rings. The molecule has 0 aliphatic carbocycles. The van der Waals surface area contributed by atoms with Crippen LogP contribution in [0.2, 0.25) is 0 Å². The summed E-state index contributed by atoms with van der Waals surface area (Å²) in [7, 11) is -3.98. The quantitative estimate of drug-likeness (QED) is 0.561. The van der Waals surface area contributed by atoms with E-state index in [0.717, 1.165) is 25.3 Å². The Morgan fingerprint density at radius 2 is 2.08 bits per heavy atom. The fraction of sp³-hybridized carbons (Fsp3) is 0.625. The van der Waals surface area contributed by atoms with Crippen LogP contribution in [0, 0.1) is 16.0 Å². The van der Waals surface area contributed by atoms with Gasteiger partial charge in [0.2, 0.25) is 10.0 Å². The smallest absolute Gasteiger partial charge is 0.271 e. The number of nitrogens with two attached hydrogens (primary N) is 1. The third-order valence-electron chi connectivity index (χ3n) is 4.73. The number of benzene rings is 1. The first-order chi connectivity index (χ1) is 11.8. The number of nitro groups is 1. The third kappa shape index (κ3) is 4.90. The van der Waals surface area contributed by atoms with Gasteiger partial charge in [-0.05, 0) is 24.8 Å². The Balaban J connectivity index is 2.25. The Morgan fingerprint density at radius 3 is 2.64 bits per heavy atom. The zero-order chi connectivity index (χ0) is 18.6. The summed E-state index contributed by atoms with van der Waals surface area (Å²) in [5, 5.41) is 19.4. The molecule has 3 N–H and O–H groups in total. The van der Waals surface area contributed by atoms with Crippen LogP contribution in [0.3, 0.4) is 0 Å². The molecule has 0 spiro atoms. The lowest BCUT2D eigenvalue weighted by Crippen LogP contribution is -2.38. The molecule has 25 heavy (non-hydrogen) atoms. The third-order valence-corrected chi connectivity index (χ3v) is 5.70. The summed E-state index contributed by atoms with van der Waals surface area (Å²) in [5.41, 5.74) is -0.00889. The van der Waals surface area contributed by atoms with Gasteiger partial charge in [0.15, 0.2) is 0 Å². The largest absolute Gasteiger partial charge is 0.381 e. The average molecular weight is 371 g/mol. The monoisotopic (exact) mass is 371 g/mol. The second-order valence-corrected chi connectivity index (χ2v) is 7.86. The molecule has 2 unspecified atom stereocenters. The van der Waals surface area contributed by atoms with Crippen molar-refractivity contribution in [3.05, 3.63) is 28.3 Å². The fourth-order valence-electron chi connectivity index (χ4n) is 3.31. The van der Waals surface area contributed by atoms with E-state index in [1.165, 1.54) is 12.1 Å². The minimum atomic E-state index is -3.98. The van der Waals surface area contributed by atoms with E-state index in [4.69, 9.17) is 9.88 Å². The van der Waals surface area contributed by atoms with E-state index >= 15 is 0 Å². The van der Waals surface area contributed by atoms with E-state index in [1.807, 2.05) is 0 Å². The molecule has 1 saturated heterocycles. The van der Waals surface area contributed by atoms with Crippen LogP contribution in [0.4, 0.5) is 11.4 Å². The van der Waals surface area contributed by atoms with E-state index < -0.39 is 14.9 Å². The summed E-state index contributed by atoms with van der Waals surface area (Å²) >= 11 is 0. The zero-order valence-electron chi connectivity index (χ0n) is 14.5. The first-order valence-electron chi connectivity index (χ1n) is 8.45. The molecule has 140 valence electrons. The standard InChI is InChI=1S/C16H25N3O5S/c1-3-11(4-2)15-9-12(7-8-24-15)18-14-10-13(19(20)21)5-6-16(14)25(17,22)23/h5-6,10-12,15,18H,3-4,7-9H2,1-2H3,(H2,17,22,23). The second kappa shape index (κ2) is 8.11. The maximum absolute atomic E-state index is 11.8. The van der Waals surface area contributed by atoms with E-state index in [0.29, 0.717) is 18.9 Å². The number of anilines is 1. The van der Waals surface area contributed by atoms with Gasteiger partial charge in [0.1, 0.15) is 4.90 Å². The predicted molar refractivity (Wildman–Crippen MR) is 94.9 cm³/mol. The maximum atomic E-state index is 11.8. The van der Waals surface area contributed by atoms with Gasteiger partial charge >= 0.3 is 0 Å². The van der Waals surface area contributed by atoms with E-state index in [-0.39, 0.29) is 28.4 Å². The van der Waals surface area contributed by atoms with Crippen molar-refractivity contribution in [2.24, 2.45) is 11.1 Å². The van der Waals surface area contributed by atoms with Crippen molar-refractivity contribution >= 4 is 21.4 Å². The molecule has 0 bridgehead atoms. The topological polar surface area (TPSA) is 125 Å². The zero-order valence-corrected chi connectivity index (χ0v) is 15.3. The van der Waals surface area contributed by atoms with Gasteiger partial charge in [-0.1, -0.05) is 26.7 Å². The Labute approximate surface area is 147 Å². The number of nitro benzene ring substituents is 1. The lowest BCUT2D eigenvalue weighted by Gasteiger charge is -2.35. The van der Waals surface area contributed by atoms with Crippen molar-refractivity contribution < 1.29 is 18.1 Å². The van der Waals surface area contributed by atoms with E-state index in [9.17, 15) is 18.5 Å². The summed E-state index contributed by atoms with van der Waals surface area (Å²) < 4.78 is 29.4. The van der Waals surface area contributed by atoms with Gasteiger partial charge in [0.25, 0.3) is 5.69 Å². The highest BCUT2D eigenvalue weighted by Gasteiger charge is 2.29. The molecule has 1 aliphatic heterocycles. The molecule has 2 rings (SSSR count). The van der Waals surface area contributed by atoms with E-state index in [2.05, 4.69) is 19.2 Å². The van der Waals surface area contributed by atoms with Crippen molar-refractivity contribution in [1.29, 1.82) is 0 Å². The first kappa shape index (κ1) is 19.6. The molecule has 2 atom stereocenters. The molecule has 1 heterocycles. The van der Waals surface area contributed by atoms with Crippen LogP contribution >= 0.6 is 0 Å². The van der Waals surface area contributed by atoms with Crippen LogP contribution < -0.4 is 10.5 Å². The molecule has 1 aromatic rings. The van der Waals surface area contributed by atoms with Crippen LogP contribution in [-0.4, -0.2) is 32.1 Å². The van der Waals surface area contributed by atoms with Crippen molar-refractivity contribution in [3.8, 4) is 0 Å². The highest BCUT2D eigenvalue weighted by Crippen LogP contribution is 2.30. The second-order valence-electron chi connectivity index (χ2n) is 6.33. The van der Waals surface area contributed by atoms with Gasteiger partial charge in [-0.25, -0.2) is 13.6 Å². The normalized spacial score (nSPS) is 21.3. The van der Waals surface area contributed by atoms with Gasteiger partial charge in [0, 0.05) is 24.8 Å². The predicted octanol–water partition coefficient (Wildman–Crippen LogP) is 2.64. The summed E-state index contributed by atoms with van der Waals surface area (Å²) in [6.45, 7) is 4.81. The van der Waals surface area contributed by atoms with Crippen molar-refractivity contribution in [2.45, 2.75) is 56.6 Å². The van der Waals surface area contributed by atoms with Crippen molar-refractivity contribution in [3.63, 3.8) is 0 Å². The summed E-state index contributed by atoms with van der Waals surface area (Å²) in [6, 6.07) is 3.51. The minimum absolute atomic E-state index is 0.0261. The number of sulfonamides is 1. The van der Waals surface area contributed by atoms with Gasteiger partial charge in [-0.2, -0.15) is 0 Å². The highest BCUT2D eigenvalue weighted by atomic mass is 32.2. The lowest BCUT2D eigenvalue weighted by atomic mass is 9.89. The number of primary sulfonamides is 1. The van der Waals surface area contributed by atoms with Crippen molar-refractivity contribution in [1.82, 2.24) is 0 Å². The molecule has 1 aliphatic rings. The number of ether oxygens (including phenoxy) is 1. The van der Waals surface area contributed by atoms with Crippen molar-refractivity contribution in [2.75, 3.05) is 11.9 Å². The fourth-order valence-corrected chi connectivity index (χ4v) is 4.00. The molecular formula is C16H25N3O5S. The Bertz CT molecular complexity index is 718. The molecule has 1 aromatic carbocycles. The molecule has 9 heteroatoms. The number of hydrogen-bond donors (Lipinski definition) is 2. The van der Waals surface area contributed by atoms with Gasteiger partial charge in [-0.15, -0.1) is 0 Å². The molecule has 0 amide bonds. The number of hydrogen-bond acceptors (Lipinski definition) is 6. The number of nitrogens with zero attached hydrogens (tertiary/aromatic N) is 1.